The van der Waals surface area contributed by atoms with Gasteiger partial charge in [0.25, 0.3) is 0 Å². The number of rotatable bonds is 4. The predicted molar refractivity (Wildman–Crippen MR) is 93.9 cm³/mol. The molecule has 0 bridgehead atoms. The van der Waals surface area contributed by atoms with Crippen LogP contribution in [0.4, 0.5) is 9.59 Å². The third-order valence-electron chi connectivity index (χ3n) is 2.88. The summed E-state index contributed by atoms with van der Waals surface area (Å²) in [5.74, 6) is 0.362. The van der Waals surface area contributed by atoms with Crippen LogP contribution in [0.15, 0.2) is 24.3 Å². The van der Waals surface area contributed by atoms with Gasteiger partial charge in [0, 0.05) is 5.92 Å². The molecule has 1 rings (SSSR count). The second kappa shape index (κ2) is 8.23. The third kappa shape index (κ3) is 8.98. The summed E-state index contributed by atoms with van der Waals surface area (Å²) in [6.07, 6.45) is -1.44. The summed E-state index contributed by atoms with van der Waals surface area (Å²) in [6, 6.07) is 6.96. The van der Waals surface area contributed by atoms with Crippen LogP contribution in [0, 0.1) is 0 Å². The van der Waals surface area contributed by atoms with Crippen LogP contribution in [0.5, 0.6) is 5.75 Å². The van der Waals surface area contributed by atoms with Crippen molar-refractivity contribution in [2.24, 2.45) is 0 Å². The van der Waals surface area contributed by atoms with Gasteiger partial charge in [0.1, 0.15) is 23.6 Å². The molecule has 25 heavy (non-hydrogen) atoms. The van der Waals surface area contributed by atoms with Crippen molar-refractivity contribution in [3.63, 3.8) is 0 Å². The lowest BCUT2D eigenvalue weighted by Gasteiger charge is -2.20. The third-order valence-corrected chi connectivity index (χ3v) is 2.88. The van der Waals surface area contributed by atoms with Crippen molar-refractivity contribution in [3.8, 4) is 5.75 Å². The van der Waals surface area contributed by atoms with Crippen LogP contribution in [0.25, 0.3) is 0 Å². The minimum absolute atomic E-state index is 0.0249. The van der Waals surface area contributed by atoms with Gasteiger partial charge in [-0.15, -0.1) is 0 Å². The van der Waals surface area contributed by atoms with E-state index in [1.807, 2.05) is 19.1 Å². The number of hydrogen-bond acceptors (Lipinski definition) is 6. The largest absolute Gasteiger partial charge is 0.514 e. The van der Waals surface area contributed by atoms with Gasteiger partial charge in [0.05, 0.1) is 0 Å². The van der Waals surface area contributed by atoms with Crippen molar-refractivity contribution in [1.82, 2.24) is 0 Å². The number of ether oxygens (including phenoxy) is 4. The van der Waals surface area contributed by atoms with Gasteiger partial charge in [-0.2, -0.15) is 0 Å². The topological polar surface area (TPSA) is 71.1 Å². The van der Waals surface area contributed by atoms with Crippen LogP contribution in [-0.4, -0.2) is 30.1 Å². The highest BCUT2D eigenvalue weighted by Crippen LogP contribution is 2.21. The molecular formula is C19H28O6. The van der Waals surface area contributed by atoms with E-state index in [9.17, 15) is 9.59 Å². The van der Waals surface area contributed by atoms with Gasteiger partial charge >= 0.3 is 12.3 Å². The van der Waals surface area contributed by atoms with Crippen molar-refractivity contribution in [3.05, 3.63) is 29.8 Å². The highest BCUT2D eigenvalue weighted by molar-refractivity contribution is 5.64. The normalized spacial score (nSPS) is 12.9. The fourth-order valence-corrected chi connectivity index (χ4v) is 1.80. The molecule has 1 atom stereocenters. The highest BCUT2D eigenvalue weighted by atomic mass is 16.7. The summed E-state index contributed by atoms with van der Waals surface area (Å²) >= 11 is 0. The Hall–Kier alpha value is -2.24. The lowest BCUT2D eigenvalue weighted by atomic mass is 10.0. The van der Waals surface area contributed by atoms with Crippen LogP contribution in [0.3, 0.4) is 0 Å². The molecule has 140 valence electrons. The van der Waals surface area contributed by atoms with Gasteiger partial charge < -0.3 is 18.9 Å². The molecule has 0 saturated heterocycles. The fraction of sp³-hybridized carbons (Fsp3) is 0.579. The van der Waals surface area contributed by atoms with Gasteiger partial charge in [0.2, 0.25) is 0 Å². The summed E-state index contributed by atoms with van der Waals surface area (Å²) in [4.78, 5) is 23.2. The van der Waals surface area contributed by atoms with E-state index in [0.29, 0.717) is 5.75 Å². The molecule has 0 N–H and O–H groups in total. The van der Waals surface area contributed by atoms with Gasteiger partial charge in [-0.1, -0.05) is 19.1 Å². The molecule has 0 amide bonds. The molecule has 6 heteroatoms. The molecular weight excluding hydrogens is 324 g/mol. The number of carbonyl (C=O) groups excluding carboxylic acids is 2. The van der Waals surface area contributed by atoms with Crippen LogP contribution in [0.2, 0.25) is 0 Å². The first-order valence-corrected chi connectivity index (χ1v) is 8.22. The van der Waals surface area contributed by atoms with Crippen molar-refractivity contribution in [2.45, 2.75) is 65.6 Å². The monoisotopic (exact) mass is 352 g/mol. The average Bonchev–Trinajstić information content (AvgIpc) is 2.41. The second-order valence-electron chi connectivity index (χ2n) is 7.81. The Balaban J connectivity index is 2.52. The van der Waals surface area contributed by atoms with Gasteiger partial charge in [-0.25, -0.2) is 9.59 Å². The second-order valence-corrected chi connectivity index (χ2v) is 7.81. The van der Waals surface area contributed by atoms with Gasteiger partial charge in [-0.3, -0.25) is 0 Å². The van der Waals surface area contributed by atoms with Crippen LogP contribution in [-0.2, 0) is 14.2 Å². The van der Waals surface area contributed by atoms with Crippen molar-refractivity contribution in [1.29, 1.82) is 0 Å². The Labute approximate surface area is 149 Å². The summed E-state index contributed by atoms with van der Waals surface area (Å²) in [5, 5.41) is 0. The first-order chi connectivity index (χ1) is 11.4. The molecule has 1 aromatic rings. The molecule has 0 aliphatic rings. The Morgan fingerprint density at radius 2 is 1.36 bits per heavy atom. The molecule has 0 aliphatic heterocycles. The van der Waals surface area contributed by atoms with Crippen molar-refractivity contribution < 1.29 is 28.5 Å². The van der Waals surface area contributed by atoms with Crippen LogP contribution < -0.4 is 4.74 Å². The number of hydrogen-bond donors (Lipinski definition) is 0. The van der Waals surface area contributed by atoms with E-state index in [1.54, 1.807) is 53.7 Å². The molecule has 0 radical (unpaired) electrons. The summed E-state index contributed by atoms with van der Waals surface area (Å²) in [5.41, 5.74) is -0.244. The Bertz CT molecular complexity index is 577. The zero-order valence-corrected chi connectivity index (χ0v) is 16.0. The summed E-state index contributed by atoms with van der Waals surface area (Å²) in [7, 11) is 0. The van der Waals surface area contributed by atoms with Crippen molar-refractivity contribution >= 4 is 12.3 Å². The number of carbonyl (C=O) groups is 2. The van der Waals surface area contributed by atoms with E-state index in [0.717, 1.165) is 5.56 Å². The first kappa shape index (κ1) is 20.8. The molecule has 0 saturated carbocycles. The van der Waals surface area contributed by atoms with Crippen molar-refractivity contribution in [2.75, 3.05) is 6.61 Å². The Morgan fingerprint density at radius 1 is 0.880 bits per heavy atom. The zero-order valence-electron chi connectivity index (χ0n) is 16.0. The van der Waals surface area contributed by atoms with Gasteiger partial charge in [0.15, 0.2) is 0 Å². The van der Waals surface area contributed by atoms with E-state index in [-0.39, 0.29) is 12.5 Å². The van der Waals surface area contributed by atoms with E-state index < -0.39 is 23.5 Å². The Morgan fingerprint density at radius 3 is 1.84 bits per heavy atom. The lowest BCUT2D eigenvalue weighted by Crippen LogP contribution is -2.26. The van der Waals surface area contributed by atoms with Crippen LogP contribution in [0.1, 0.15) is 59.9 Å². The van der Waals surface area contributed by atoms with E-state index >= 15 is 0 Å². The molecule has 1 unspecified atom stereocenters. The fourth-order valence-electron chi connectivity index (χ4n) is 1.80. The molecule has 0 heterocycles. The van der Waals surface area contributed by atoms with Crippen LogP contribution >= 0.6 is 0 Å². The quantitative estimate of drug-likeness (QED) is 0.557. The predicted octanol–water partition coefficient (Wildman–Crippen LogP) is 5.06. The lowest BCUT2D eigenvalue weighted by molar-refractivity contribution is -0.00902. The molecule has 1 aromatic carbocycles. The molecule has 0 aromatic heterocycles. The van der Waals surface area contributed by atoms with E-state index in [2.05, 4.69) is 0 Å². The summed E-state index contributed by atoms with van der Waals surface area (Å²) < 4.78 is 20.4. The minimum Gasteiger partial charge on any atom is -0.434 e. The smallest absolute Gasteiger partial charge is 0.434 e. The number of benzene rings is 1. The minimum atomic E-state index is -0.749. The Kier molecular flexibility index (Phi) is 6.85. The average molecular weight is 352 g/mol. The first-order valence-electron chi connectivity index (χ1n) is 8.22. The molecule has 0 spiro atoms. The molecule has 0 aliphatic carbocycles. The zero-order chi connectivity index (χ0) is 19.3. The maximum Gasteiger partial charge on any atom is 0.514 e. The highest BCUT2D eigenvalue weighted by Gasteiger charge is 2.19. The molecule has 0 fully saturated rings. The maximum atomic E-state index is 11.6. The summed E-state index contributed by atoms with van der Waals surface area (Å²) in [6.45, 7) is 12.8. The van der Waals surface area contributed by atoms with Gasteiger partial charge in [-0.05, 0) is 59.2 Å². The van der Waals surface area contributed by atoms with E-state index in [4.69, 9.17) is 18.9 Å². The maximum absolute atomic E-state index is 11.6. The van der Waals surface area contributed by atoms with E-state index in [1.165, 1.54) is 0 Å². The molecule has 6 nitrogen and oxygen atoms in total. The SMILES string of the molecule is CC(COC(=O)OC(C)(C)C)c1ccc(OC(=O)OC(C)(C)C)cc1. The standard InChI is InChI=1S/C19H28O6/c1-13(12-22-16(20)24-18(2,3)4)14-8-10-15(11-9-14)23-17(21)25-19(5,6)7/h8-11,13H,12H2,1-7H3.